The van der Waals surface area contributed by atoms with Gasteiger partial charge in [0.1, 0.15) is 0 Å². The molecule has 0 radical (unpaired) electrons. The van der Waals surface area contributed by atoms with Crippen molar-refractivity contribution in [3.8, 4) is 0 Å². The first-order valence-electron chi connectivity index (χ1n) is 5.75. The number of amides is 1. The van der Waals surface area contributed by atoms with Gasteiger partial charge in [-0.3, -0.25) is 4.79 Å². The summed E-state index contributed by atoms with van der Waals surface area (Å²) in [5, 5.41) is 12.9. The maximum atomic E-state index is 11.2. The Morgan fingerprint density at radius 2 is 2.13 bits per heavy atom. The highest BCUT2D eigenvalue weighted by Crippen LogP contribution is 2.31. The van der Waals surface area contributed by atoms with E-state index in [0.717, 1.165) is 25.7 Å². The van der Waals surface area contributed by atoms with Crippen LogP contribution in [-0.4, -0.2) is 29.7 Å². The molecule has 0 unspecified atom stereocenters. The Labute approximate surface area is 91.2 Å². The molecule has 4 heteroatoms. The maximum Gasteiger partial charge on any atom is 0.221 e. The van der Waals surface area contributed by atoms with Gasteiger partial charge >= 0.3 is 0 Å². The van der Waals surface area contributed by atoms with E-state index in [9.17, 15) is 9.90 Å². The van der Waals surface area contributed by atoms with Gasteiger partial charge in [0.25, 0.3) is 0 Å². The van der Waals surface area contributed by atoms with Gasteiger partial charge in [0.05, 0.1) is 5.60 Å². The van der Waals surface area contributed by atoms with Gasteiger partial charge in [-0.25, -0.2) is 0 Å². The second-order valence-corrected chi connectivity index (χ2v) is 4.72. The average molecular weight is 214 g/mol. The smallest absolute Gasteiger partial charge is 0.221 e. The summed E-state index contributed by atoms with van der Waals surface area (Å²) in [4.78, 5) is 11.2. The largest absolute Gasteiger partial charge is 0.388 e. The number of nitrogens with one attached hydrogen (secondary N) is 1. The van der Waals surface area contributed by atoms with E-state index in [1.54, 1.807) is 0 Å². The van der Waals surface area contributed by atoms with Crippen LogP contribution in [-0.2, 0) is 4.79 Å². The molecule has 1 fully saturated rings. The summed E-state index contributed by atoms with van der Waals surface area (Å²) in [7, 11) is 0. The molecule has 0 aromatic carbocycles. The molecular formula is C11H22N2O2. The molecule has 15 heavy (non-hydrogen) atoms. The van der Waals surface area contributed by atoms with Crippen LogP contribution in [0.5, 0.6) is 0 Å². The third kappa shape index (κ3) is 4.18. The monoisotopic (exact) mass is 214 g/mol. The van der Waals surface area contributed by atoms with E-state index in [0.29, 0.717) is 25.4 Å². The zero-order valence-corrected chi connectivity index (χ0v) is 9.46. The highest BCUT2D eigenvalue weighted by atomic mass is 16.3. The first-order chi connectivity index (χ1) is 7.06. The standard InChI is InChI=1S/C11H22N2O2/c1-9-2-5-11(15,6-3-9)8-13-10(14)4-7-12/h9,15H,2-8,12H2,1H3,(H,13,14). The maximum absolute atomic E-state index is 11.2. The number of carbonyl (C=O) groups excluding carboxylic acids is 1. The van der Waals surface area contributed by atoms with Gasteiger partial charge in [-0.15, -0.1) is 0 Å². The minimum Gasteiger partial charge on any atom is -0.388 e. The fourth-order valence-electron chi connectivity index (χ4n) is 1.96. The van der Waals surface area contributed by atoms with Crippen molar-refractivity contribution in [3.05, 3.63) is 0 Å². The molecule has 88 valence electrons. The SMILES string of the molecule is CC1CCC(O)(CNC(=O)CCN)CC1. The minimum absolute atomic E-state index is 0.0652. The molecule has 1 rings (SSSR count). The number of hydrogen-bond acceptors (Lipinski definition) is 3. The summed E-state index contributed by atoms with van der Waals surface area (Å²) in [5.41, 5.74) is 4.58. The number of carbonyl (C=O) groups is 1. The highest BCUT2D eigenvalue weighted by molar-refractivity contribution is 5.76. The molecule has 0 heterocycles. The van der Waals surface area contributed by atoms with Crippen LogP contribution in [0, 0.1) is 5.92 Å². The van der Waals surface area contributed by atoms with E-state index < -0.39 is 5.60 Å². The van der Waals surface area contributed by atoms with E-state index in [4.69, 9.17) is 5.73 Å². The van der Waals surface area contributed by atoms with Gasteiger partial charge in [0.15, 0.2) is 0 Å². The lowest BCUT2D eigenvalue weighted by molar-refractivity contribution is -0.122. The molecular weight excluding hydrogens is 192 g/mol. The normalized spacial score (nSPS) is 31.3. The van der Waals surface area contributed by atoms with Crippen LogP contribution in [0.4, 0.5) is 0 Å². The van der Waals surface area contributed by atoms with Crippen LogP contribution < -0.4 is 11.1 Å². The average Bonchev–Trinajstić information content (AvgIpc) is 2.21. The van der Waals surface area contributed by atoms with Crippen LogP contribution in [0.25, 0.3) is 0 Å². The number of aliphatic hydroxyl groups is 1. The molecule has 0 saturated heterocycles. The molecule has 4 nitrogen and oxygen atoms in total. The Bertz CT molecular complexity index is 211. The fourth-order valence-corrected chi connectivity index (χ4v) is 1.96. The second-order valence-electron chi connectivity index (χ2n) is 4.72. The Hall–Kier alpha value is -0.610. The molecule has 1 amide bonds. The minimum atomic E-state index is -0.684. The molecule has 0 aliphatic heterocycles. The Morgan fingerprint density at radius 3 is 2.67 bits per heavy atom. The summed E-state index contributed by atoms with van der Waals surface area (Å²) in [5.74, 6) is 0.634. The third-order valence-corrected chi connectivity index (χ3v) is 3.19. The number of rotatable bonds is 4. The summed E-state index contributed by atoms with van der Waals surface area (Å²) in [6, 6.07) is 0. The van der Waals surface area contributed by atoms with Crippen LogP contribution in [0.15, 0.2) is 0 Å². The molecule has 0 aromatic heterocycles. The Balaban J connectivity index is 2.27. The van der Waals surface area contributed by atoms with Gasteiger partial charge in [0, 0.05) is 19.5 Å². The van der Waals surface area contributed by atoms with Crippen molar-refractivity contribution in [2.75, 3.05) is 13.1 Å². The lowest BCUT2D eigenvalue weighted by atomic mass is 9.79. The predicted octanol–water partition coefficient (Wildman–Crippen LogP) is 0.393. The molecule has 1 aliphatic rings. The third-order valence-electron chi connectivity index (χ3n) is 3.19. The van der Waals surface area contributed by atoms with E-state index in [2.05, 4.69) is 12.2 Å². The van der Waals surface area contributed by atoms with Crippen LogP contribution >= 0.6 is 0 Å². The van der Waals surface area contributed by atoms with Crippen molar-refractivity contribution < 1.29 is 9.90 Å². The summed E-state index contributed by atoms with van der Waals surface area (Å²) in [6.07, 6.45) is 4.01. The van der Waals surface area contributed by atoms with Crippen molar-refractivity contribution in [2.24, 2.45) is 11.7 Å². The fraction of sp³-hybridized carbons (Fsp3) is 0.909. The van der Waals surface area contributed by atoms with Crippen molar-refractivity contribution in [1.82, 2.24) is 5.32 Å². The zero-order valence-electron chi connectivity index (χ0n) is 9.46. The summed E-state index contributed by atoms with van der Waals surface area (Å²) < 4.78 is 0. The van der Waals surface area contributed by atoms with E-state index >= 15 is 0 Å². The van der Waals surface area contributed by atoms with Crippen LogP contribution in [0.3, 0.4) is 0 Å². The lowest BCUT2D eigenvalue weighted by Crippen LogP contribution is -2.45. The molecule has 0 spiro atoms. The van der Waals surface area contributed by atoms with Crippen molar-refractivity contribution in [3.63, 3.8) is 0 Å². The van der Waals surface area contributed by atoms with Crippen molar-refractivity contribution in [2.45, 2.75) is 44.6 Å². The Kier molecular flexibility index (Phi) is 4.54. The number of hydrogen-bond donors (Lipinski definition) is 3. The second kappa shape index (κ2) is 5.47. The lowest BCUT2D eigenvalue weighted by Gasteiger charge is -2.34. The van der Waals surface area contributed by atoms with Crippen LogP contribution in [0.1, 0.15) is 39.0 Å². The highest BCUT2D eigenvalue weighted by Gasteiger charge is 2.31. The molecule has 1 aliphatic carbocycles. The first-order valence-corrected chi connectivity index (χ1v) is 5.75. The molecule has 0 aromatic rings. The number of nitrogens with two attached hydrogens (primary N) is 1. The molecule has 0 atom stereocenters. The van der Waals surface area contributed by atoms with Crippen LogP contribution in [0.2, 0.25) is 0 Å². The van der Waals surface area contributed by atoms with Gasteiger partial charge in [-0.05, 0) is 31.6 Å². The first kappa shape index (κ1) is 12.5. The van der Waals surface area contributed by atoms with Gasteiger partial charge in [-0.1, -0.05) is 6.92 Å². The van der Waals surface area contributed by atoms with Crippen molar-refractivity contribution in [1.29, 1.82) is 0 Å². The molecule has 0 bridgehead atoms. The van der Waals surface area contributed by atoms with E-state index in [1.807, 2.05) is 0 Å². The Morgan fingerprint density at radius 1 is 1.53 bits per heavy atom. The predicted molar refractivity (Wildman–Crippen MR) is 59.3 cm³/mol. The van der Waals surface area contributed by atoms with Gasteiger partial charge < -0.3 is 16.2 Å². The summed E-state index contributed by atoms with van der Waals surface area (Å²) >= 11 is 0. The quantitative estimate of drug-likeness (QED) is 0.634. The van der Waals surface area contributed by atoms with E-state index in [1.165, 1.54) is 0 Å². The topological polar surface area (TPSA) is 75.3 Å². The van der Waals surface area contributed by atoms with Gasteiger partial charge in [-0.2, -0.15) is 0 Å². The summed E-state index contributed by atoms with van der Waals surface area (Å²) in [6.45, 7) is 2.94. The molecule has 4 N–H and O–H groups in total. The van der Waals surface area contributed by atoms with E-state index in [-0.39, 0.29) is 5.91 Å². The van der Waals surface area contributed by atoms with Gasteiger partial charge in [0.2, 0.25) is 5.91 Å². The zero-order chi connectivity index (χ0) is 11.3. The van der Waals surface area contributed by atoms with Crippen molar-refractivity contribution >= 4 is 5.91 Å². The molecule has 1 saturated carbocycles.